The fourth-order valence-electron chi connectivity index (χ4n) is 2.29. The normalized spacial score (nSPS) is 11.0. The van der Waals surface area contributed by atoms with Crippen LogP contribution in [0.15, 0.2) is 54.6 Å². The molecule has 0 fully saturated rings. The first-order valence-corrected chi connectivity index (χ1v) is 8.50. The summed E-state index contributed by atoms with van der Waals surface area (Å²) >= 11 is 1.57. The van der Waals surface area contributed by atoms with Crippen LogP contribution in [0.3, 0.4) is 0 Å². The number of para-hydroxylation sites is 1. The third kappa shape index (κ3) is 4.20. The standard InChI is InChI=1S/C19H18N2O2S/c1-23-15-8-6-14(7-9-15)12-13-20-18(22)10-11-19-21-16-4-2-3-5-17(16)24-19/h2-11H,12-13H2,1H3,(H,20,22)/b11-10+. The summed E-state index contributed by atoms with van der Waals surface area (Å²) in [4.78, 5) is 16.3. The number of carbonyl (C=O) groups excluding carboxylic acids is 1. The zero-order valence-corrected chi connectivity index (χ0v) is 14.2. The van der Waals surface area contributed by atoms with Gasteiger partial charge in [-0.15, -0.1) is 11.3 Å². The number of benzene rings is 2. The molecule has 0 spiro atoms. The molecule has 0 unspecified atom stereocenters. The Kier molecular flexibility index (Phi) is 5.23. The number of methoxy groups -OCH3 is 1. The zero-order chi connectivity index (χ0) is 16.8. The SMILES string of the molecule is COc1ccc(CCNC(=O)/C=C/c2nc3ccccc3s2)cc1. The van der Waals surface area contributed by atoms with Gasteiger partial charge in [0.05, 0.1) is 17.3 Å². The second-order valence-electron chi connectivity index (χ2n) is 5.24. The summed E-state index contributed by atoms with van der Waals surface area (Å²) in [5, 5.41) is 3.72. The number of thiazole rings is 1. The molecule has 1 aromatic heterocycles. The van der Waals surface area contributed by atoms with E-state index in [2.05, 4.69) is 10.3 Å². The van der Waals surface area contributed by atoms with Crippen LogP contribution in [0.5, 0.6) is 5.75 Å². The minimum absolute atomic E-state index is 0.109. The molecule has 3 aromatic rings. The number of ether oxygens (including phenoxy) is 1. The molecule has 4 nitrogen and oxygen atoms in total. The highest BCUT2D eigenvalue weighted by Crippen LogP contribution is 2.22. The van der Waals surface area contributed by atoms with E-state index in [1.165, 1.54) is 6.08 Å². The first-order valence-electron chi connectivity index (χ1n) is 7.69. The monoisotopic (exact) mass is 338 g/mol. The molecule has 1 N–H and O–H groups in total. The van der Waals surface area contributed by atoms with Crippen LogP contribution in [0, 0.1) is 0 Å². The van der Waals surface area contributed by atoms with Crippen molar-refractivity contribution in [1.29, 1.82) is 0 Å². The Morgan fingerprint density at radius 1 is 1.21 bits per heavy atom. The van der Waals surface area contributed by atoms with Crippen LogP contribution in [0.4, 0.5) is 0 Å². The first kappa shape index (κ1) is 16.2. The van der Waals surface area contributed by atoms with Crippen LogP contribution in [-0.4, -0.2) is 24.5 Å². The number of hydrogen-bond donors (Lipinski definition) is 1. The maximum absolute atomic E-state index is 11.9. The van der Waals surface area contributed by atoms with Gasteiger partial charge in [0.1, 0.15) is 10.8 Å². The predicted octanol–water partition coefficient (Wildman–Crippen LogP) is 3.68. The molecule has 5 heteroatoms. The van der Waals surface area contributed by atoms with Crippen molar-refractivity contribution in [2.45, 2.75) is 6.42 Å². The van der Waals surface area contributed by atoms with Crippen molar-refractivity contribution in [1.82, 2.24) is 10.3 Å². The van der Waals surface area contributed by atoms with Gasteiger partial charge in [0, 0.05) is 12.6 Å². The van der Waals surface area contributed by atoms with Crippen molar-refractivity contribution in [3.63, 3.8) is 0 Å². The second-order valence-corrected chi connectivity index (χ2v) is 6.30. The summed E-state index contributed by atoms with van der Waals surface area (Å²) in [6.45, 7) is 0.593. The Balaban J connectivity index is 1.49. The van der Waals surface area contributed by atoms with Gasteiger partial charge in [-0.1, -0.05) is 24.3 Å². The van der Waals surface area contributed by atoms with E-state index < -0.39 is 0 Å². The molecule has 0 radical (unpaired) electrons. The Bertz CT molecular complexity index is 820. The molecule has 1 amide bonds. The summed E-state index contributed by atoms with van der Waals surface area (Å²) in [5.74, 6) is 0.726. The van der Waals surface area contributed by atoms with E-state index in [0.717, 1.165) is 33.0 Å². The average molecular weight is 338 g/mol. The number of carbonyl (C=O) groups is 1. The molecule has 0 atom stereocenters. The molecule has 0 bridgehead atoms. The van der Waals surface area contributed by atoms with Crippen LogP contribution >= 0.6 is 11.3 Å². The summed E-state index contributed by atoms with van der Waals surface area (Å²) in [6.07, 6.45) is 4.07. The molecule has 0 aliphatic heterocycles. The summed E-state index contributed by atoms with van der Waals surface area (Å²) < 4.78 is 6.25. The van der Waals surface area contributed by atoms with Crippen molar-refractivity contribution in [3.8, 4) is 5.75 Å². The molecular weight excluding hydrogens is 320 g/mol. The summed E-state index contributed by atoms with van der Waals surface area (Å²) in [6, 6.07) is 15.8. The van der Waals surface area contributed by atoms with Gasteiger partial charge in [0.2, 0.25) is 5.91 Å². The predicted molar refractivity (Wildman–Crippen MR) is 98.4 cm³/mol. The third-order valence-corrected chi connectivity index (χ3v) is 4.56. The van der Waals surface area contributed by atoms with Crippen LogP contribution < -0.4 is 10.1 Å². The number of rotatable bonds is 6. The lowest BCUT2D eigenvalue weighted by molar-refractivity contribution is -0.116. The Morgan fingerprint density at radius 3 is 2.75 bits per heavy atom. The van der Waals surface area contributed by atoms with Gasteiger partial charge < -0.3 is 10.1 Å². The van der Waals surface area contributed by atoms with Gasteiger partial charge in [-0.25, -0.2) is 4.98 Å². The van der Waals surface area contributed by atoms with E-state index in [1.54, 1.807) is 24.5 Å². The van der Waals surface area contributed by atoms with Crippen LogP contribution in [0.1, 0.15) is 10.6 Å². The summed E-state index contributed by atoms with van der Waals surface area (Å²) in [5.41, 5.74) is 2.12. The lowest BCUT2D eigenvalue weighted by Gasteiger charge is -2.04. The molecule has 0 saturated heterocycles. The first-order chi connectivity index (χ1) is 11.7. The molecule has 122 valence electrons. The molecular formula is C19H18N2O2S. The van der Waals surface area contributed by atoms with Crippen LogP contribution in [0.25, 0.3) is 16.3 Å². The Hall–Kier alpha value is -2.66. The number of aromatic nitrogens is 1. The molecule has 2 aromatic carbocycles. The topological polar surface area (TPSA) is 51.2 Å². The lowest BCUT2D eigenvalue weighted by atomic mass is 10.1. The number of nitrogens with zero attached hydrogens (tertiary/aromatic N) is 1. The molecule has 3 rings (SSSR count). The number of nitrogens with one attached hydrogen (secondary N) is 1. The molecule has 24 heavy (non-hydrogen) atoms. The zero-order valence-electron chi connectivity index (χ0n) is 13.4. The van der Waals surface area contributed by atoms with Crippen LogP contribution in [0.2, 0.25) is 0 Å². The van der Waals surface area contributed by atoms with E-state index in [0.29, 0.717) is 6.54 Å². The number of amides is 1. The molecule has 1 heterocycles. The minimum Gasteiger partial charge on any atom is -0.497 e. The van der Waals surface area contributed by atoms with Crippen molar-refractivity contribution in [2.75, 3.05) is 13.7 Å². The largest absolute Gasteiger partial charge is 0.497 e. The van der Waals surface area contributed by atoms with E-state index in [4.69, 9.17) is 4.74 Å². The van der Waals surface area contributed by atoms with Gasteiger partial charge in [-0.2, -0.15) is 0 Å². The quantitative estimate of drug-likeness (QED) is 0.698. The van der Waals surface area contributed by atoms with Gasteiger partial charge in [-0.05, 0) is 42.3 Å². The van der Waals surface area contributed by atoms with Gasteiger partial charge >= 0.3 is 0 Å². The maximum atomic E-state index is 11.9. The smallest absolute Gasteiger partial charge is 0.244 e. The van der Waals surface area contributed by atoms with Crippen molar-refractivity contribution < 1.29 is 9.53 Å². The van der Waals surface area contributed by atoms with Crippen molar-refractivity contribution >= 4 is 33.5 Å². The highest BCUT2D eigenvalue weighted by Gasteiger charge is 2.01. The third-order valence-electron chi connectivity index (χ3n) is 3.56. The molecule has 0 aliphatic rings. The fourth-order valence-corrected chi connectivity index (χ4v) is 3.16. The van der Waals surface area contributed by atoms with Crippen molar-refractivity contribution in [2.24, 2.45) is 0 Å². The highest BCUT2D eigenvalue weighted by atomic mass is 32.1. The van der Waals surface area contributed by atoms with Crippen molar-refractivity contribution in [3.05, 3.63) is 65.2 Å². The second kappa shape index (κ2) is 7.75. The van der Waals surface area contributed by atoms with Gasteiger partial charge in [0.15, 0.2) is 0 Å². The van der Waals surface area contributed by atoms with Gasteiger partial charge in [-0.3, -0.25) is 4.79 Å². The Morgan fingerprint density at radius 2 is 2.00 bits per heavy atom. The Labute approximate surface area is 144 Å². The number of hydrogen-bond acceptors (Lipinski definition) is 4. The maximum Gasteiger partial charge on any atom is 0.244 e. The average Bonchev–Trinajstić information content (AvgIpc) is 3.03. The van der Waals surface area contributed by atoms with E-state index in [9.17, 15) is 4.79 Å². The minimum atomic E-state index is -0.109. The van der Waals surface area contributed by atoms with E-state index in [1.807, 2.05) is 48.5 Å². The fraction of sp³-hybridized carbons (Fsp3) is 0.158. The molecule has 0 saturated carbocycles. The lowest BCUT2D eigenvalue weighted by Crippen LogP contribution is -2.23. The van der Waals surface area contributed by atoms with Gasteiger partial charge in [0.25, 0.3) is 0 Å². The highest BCUT2D eigenvalue weighted by molar-refractivity contribution is 7.19. The van der Waals surface area contributed by atoms with E-state index >= 15 is 0 Å². The summed E-state index contributed by atoms with van der Waals surface area (Å²) in [7, 11) is 1.65. The van der Waals surface area contributed by atoms with E-state index in [-0.39, 0.29) is 5.91 Å². The van der Waals surface area contributed by atoms with Crippen LogP contribution in [-0.2, 0) is 11.2 Å². The number of fused-ring (bicyclic) bond motifs is 1. The molecule has 0 aliphatic carbocycles.